The van der Waals surface area contributed by atoms with Crippen molar-refractivity contribution in [2.24, 2.45) is 10.9 Å². The summed E-state index contributed by atoms with van der Waals surface area (Å²) in [6.45, 7) is 6.62. The Morgan fingerprint density at radius 2 is 2.38 bits per heavy atom. The molecule has 6 nitrogen and oxygen atoms in total. The topological polar surface area (TPSA) is 84.0 Å². The molecule has 1 atom stereocenters. The minimum Gasteiger partial charge on any atom is -0.409 e. The predicted octanol–water partition coefficient (Wildman–Crippen LogP) is 1.88. The van der Waals surface area contributed by atoms with Gasteiger partial charge in [0.05, 0.1) is 6.10 Å². The van der Waals surface area contributed by atoms with Gasteiger partial charge in [0, 0.05) is 31.0 Å². The summed E-state index contributed by atoms with van der Waals surface area (Å²) in [7, 11) is 0. The van der Waals surface area contributed by atoms with Gasteiger partial charge in [-0.3, -0.25) is 0 Å². The van der Waals surface area contributed by atoms with E-state index in [0.29, 0.717) is 5.56 Å². The van der Waals surface area contributed by atoms with Crippen molar-refractivity contribution in [3.63, 3.8) is 0 Å². The number of ether oxygens (including phenoxy) is 1. The fraction of sp³-hybridized carbons (Fsp3) is 0.600. The number of aryl methyl sites for hydroxylation is 1. The van der Waals surface area contributed by atoms with Crippen LogP contribution in [0.4, 0.5) is 5.82 Å². The van der Waals surface area contributed by atoms with Gasteiger partial charge in [-0.25, -0.2) is 4.98 Å². The second kappa shape index (κ2) is 7.26. The van der Waals surface area contributed by atoms with Crippen molar-refractivity contribution in [3.05, 3.63) is 23.4 Å². The zero-order chi connectivity index (χ0) is 15.2. The molecule has 0 radical (unpaired) electrons. The largest absolute Gasteiger partial charge is 0.409 e. The second-order valence-corrected chi connectivity index (χ2v) is 5.42. The summed E-state index contributed by atoms with van der Waals surface area (Å²) in [5.74, 6) is 0.971. The number of rotatable bonds is 5. The normalized spacial score (nSPS) is 19.8. The average Bonchev–Trinajstić information content (AvgIpc) is 2.51. The molecule has 2 rings (SSSR count). The molecule has 0 spiro atoms. The van der Waals surface area contributed by atoms with E-state index in [1.807, 2.05) is 19.1 Å². The minimum atomic E-state index is 0.109. The molecule has 1 unspecified atom stereocenters. The fourth-order valence-electron chi connectivity index (χ4n) is 2.59. The van der Waals surface area contributed by atoms with E-state index in [9.17, 15) is 0 Å². The second-order valence-electron chi connectivity index (χ2n) is 5.42. The van der Waals surface area contributed by atoms with Crippen LogP contribution in [0.5, 0.6) is 0 Å². The average molecular weight is 292 g/mol. The third kappa shape index (κ3) is 4.07. The van der Waals surface area contributed by atoms with Gasteiger partial charge in [0.25, 0.3) is 0 Å². The number of hydrogen-bond donors (Lipinski definition) is 2. The lowest BCUT2D eigenvalue weighted by Crippen LogP contribution is -2.40. The molecule has 1 aliphatic rings. The molecular weight excluding hydrogens is 268 g/mol. The Morgan fingerprint density at radius 1 is 1.57 bits per heavy atom. The number of hydrogen-bond acceptors (Lipinski definition) is 5. The number of amidine groups is 1. The molecular formula is C15H24N4O2. The van der Waals surface area contributed by atoms with Crippen LogP contribution in [0, 0.1) is 6.92 Å². The Kier molecular flexibility index (Phi) is 5.38. The van der Waals surface area contributed by atoms with Crippen LogP contribution in [-0.2, 0) is 4.74 Å². The molecule has 0 bridgehead atoms. The van der Waals surface area contributed by atoms with E-state index in [0.717, 1.165) is 50.5 Å². The lowest BCUT2D eigenvalue weighted by atomic mass is 10.1. The lowest BCUT2D eigenvalue weighted by molar-refractivity contribution is 0.0439. The number of nitrogens with zero attached hydrogens (tertiary/aromatic N) is 3. The number of anilines is 1. The van der Waals surface area contributed by atoms with Crippen LogP contribution in [0.3, 0.4) is 0 Å². The number of nitrogens with two attached hydrogens (primary N) is 1. The molecule has 0 aromatic carbocycles. The Labute approximate surface area is 125 Å². The molecule has 1 aromatic heterocycles. The maximum atomic E-state index is 8.83. The first-order chi connectivity index (χ1) is 10.1. The summed E-state index contributed by atoms with van der Waals surface area (Å²) >= 11 is 0. The monoisotopic (exact) mass is 292 g/mol. The molecule has 1 aliphatic heterocycles. The molecule has 1 saturated heterocycles. The van der Waals surface area contributed by atoms with Crippen molar-refractivity contribution in [3.8, 4) is 0 Å². The molecule has 1 fully saturated rings. The Bertz CT molecular complexity index is 504. The number of piperidine rings is 1. The van der Waals surface area contributed by atoms with E-state index in [1.54, 1.807) is 0 Å². The van der Waals surface area contributed by atoms with Crippen molar-refractivity contribution in [2.75, 3.05) is 24.6 Å². The van der Waals surface area contributed by atoms with Crippen molar-refractivity contribution in [2.45, 2.75) is 39.2 Å². The quantitative estimate of drug-likeness (QED) is 0.375. The smallest absolute Gasteiger partial charge is 0.170 e. The van der Waals surface area contributed by atoms with Gasteiger partial charge in [0.2, 0.25) is 0 Å². The van der Waals surface area contributed by atoms with Crippen LogP contribution < -0.4 is 10.6 Å². The molecule has 1 aromatic rings. The molecule has 2 heterocycles. The zero-order valence-electron chi connectivity index (χ0n) is 12.7. The van der Waals surface area contributed by atoms with Crippen LogP contribution in [0.1, 0.15) is 37.4 Å². The Hall–Kier alpha value is -1.82. The molecule has 6 heteroatoms. The molecule has 116 valence electrons. The molecule has 0 aliphatic carbocycles. The summed E-state index contributed by atoms with van der Waals surface area (Å²) in [4.78, 5) is 6.78. The van der Waals surface area contributed by atoms with E-state index in [1.165, 1.54) is 0 Å². The van der Waals surface area contributed by atoms with E-state index < -0.39 is 0 Å². The highest BCUT2D eigenvalue weighted by molar-refractivity contribution is 5.97. The fourth-order valence-corrected chi connectivity index (χ4v) is 2.59. The highest BCUT2D eigenvalue weighted by atomic mass is 16.5. The number of aromatic nitrogens is 1. The minimum absolute atomic E-state index is 0.109. The molecule has 0 saturated carbocycles. The van der Waals surface area contributed by atoms with Gasteiger partial charge in [0.15, 0.2) is 5.84 Å². The van der Waals surface area contributed by atoms with Gasteiger partial charge < -0.3 is 20.6 Å². The van der Waals surface area contributed by atoms with Crippen LogP contribution in [0.2, 0.25) is 0 Å². The highest BCUT2D eigenvalue weighted by Crippen LogP contribution is 2.21. The summed E-state index contributed by atoms with van der Waals surface area (Å²) in [6, 6.07) is 3.68. The molecule has 3 N–H and O–H groups in total. The molecule has 21 heavy (non-hydrogen) atoms. The first-order valence-electron chi connectivity index (χ1n) is 7.47. The van der Waals surface area contributed by atoms with Gasteiger partial charge in [-0.1, -0.05) is 12.1 Å². The first-order valence-corrected chi connectivity index (χ1v) is 7.47. The standard InChI is InChI=1S/C15H24N4O2/c1-3-7-21-13-5-4-6-19(10-13)14-9-12(15(16)18-20)8-11(2)17-14/h8-9,13,20H,3-7,10H2,1-2H3,(H2,16,18). The number of pyridine rings is 1. The van der Waals surface area contributed by atoms with E-state index >= 15 is 0 Å². The summed E-state index contributed by atoms with van der Waals surface area (Å²) in [5, 5.41) is 11.9. The van der Waals surface area contributed by atoms with Crippen LogP contribution in [0.25, 0.3) is 0 Å². The van der Waals surface area contributed by atoms with Crippen molar-refractivity contribution in [1.29, 1.82) is 0 Å². The van der Waals surface area contributed by atoms with Gasteiger partial charge in [-0.15, -0.1) is 0 Å². The highest BCUT2D eigenvalue weighted by Gasteiger charge is 2.22. The van der Waals surface area contributed by atoms with Gasteiger partial charge >= 0.3 is 0 Å². The van der Waals surface area contributed by atoms with Crippen molar-refractivity contribution >= 4 is 11.7 Å². The third-order valence-electron chi connectivity index (χ3n) is 3.60. The van der Waals surface area contributed by atoms with Gasteiger partial charge in [0.1, 0.15) is 5.82 Å². The van der Waals surface area contributed by atoms with E-state index in [2.05, 4.69) is 22.0 Å². The van der Waals surface area contributed by atoms with E-state index in [-0.39, 0.29) is 11.9 Å². The number of oxime groups is 1. The van der Waals surface area contributed by atoms with Crippen LogP contribution in [-0.4, -0.2) is 41.8 Å². The molecule has 0 amide bonds. The van der Waals surface area contributed by atoms with Gasteiger partial charge in [-0.2, -0.15) is 0 Å². The van der Waals surface area contributed by atoms with E-state index in [4.69, 9.17) is 15.7 Å². The SMILES string of the molecule is CCCOC1CCCN(c2cc(/C(N)=N/O)cc(C)n2)C1. The predicted molar refractivity (Wildman–Crippen MR) is 83.0 cm³/mol. The Balaban J connectivity index is 2.15. The maximum Gasteiger partial charge on any atom is 0.170 e. The zero-order valence-corrected chi connectivity index (χ0v) is 12.7. The Morgan fingerprint density at radius 3 is 3.10 bits per heavy atom. The summed E-state index contributed by atoms with van der Waals surface area (Å²) < 4.78 is 5.86. The van der Waals surface area contributed by atoms with Gasteiger partial charge in [-0.05, 0) is 38.3 Å². The maximum absolute atomic E-state index is 8.83. The van der Waals surface area contributed by atoms with Crippen LogP contribution >= 0.6 is 0 Å². The first kappa shape index (κ1) is 15.6. The lowest BCUT2D eigenvalue weighted by Gasteiger charge is -2.33. The third-order valence-corrected chi connectivity index (χ3v) is 3.60. The summed E-state index contributed by atoms with van der Waals surface area (Å²) in [5.41, 5.74) is 7.23. The van der Waals surface area contributed by atoms with Crippen molar-refractivity contribution in [1.82, 2.24) is 4.98 Å². The summed E-state index contributed by atoms with van der Waals surface area (Å²) in [6.07, 6.45) is 3.47. The van der Waals surface area contributed by atoms with Crippen LogP contribution in [0.15, 0.2) is 17.3 Å². The van der Waals surface area contributed by atoms with Crippen molar-refractivity contribution < 1.29 is 9.94 Å².